The Hall–Kier alpha value is -1.24. The van der Waals surface area contributed by atoms with Gasteiger partial charge in [0.2, 0.25) is 0 Å². The van der Waals surface area contributed by atoms with Crippen LogP contribution in [0, 0.1) is 11.3 Å². The average Bonchev–Trinajstić information content (AvgIpc) is 2.10. The Balaban J connectivity index is 3.39. The molecule has 0 bridgehead atoms. The van der Waals surface area contributed by atoms with Crippen molar-refractivity contribution in [3.8, 4) is 6.07 Å². The summed E-state index contributed by atoms with van der Waals surface area (Å²) >= 11 is 0. The van der Waals surface area contributed by atoms with Crippen molar-refractivity contribution in [1.29, 1.82) is 5.26 Å². The molecule has 0 unspecified atom stereocenters. The van der Waals surface area contributed by atoms with E-state index in [0.717, 1.165) is 6.42 Å². The summed E-state index contributed by atoms with van der Waals surface area (Å²) in [6.07, 6.45) is 1.22. The van der Waals surface area contributed by atoms with Crippen LogP contribution in [0.2, 0.25) is 0 Å². The lowest BCUT2D eigenvalue weighted by Gasteiger charge is -2.14. The summed E-state index contributed by atoms with van der Waals surface area (Å²) in [4.78, 5) is 12.7. The number of nitrogens with zero attached hydrogens (tertiary/aromatic N) is 2. The van der Waals surface area contributed by atoms with E-state index < -0.39 is 0 Å². The smallest absolute Gasteiger partial charge is 0.317 e. The van der Waals surface area contributed by atoms with E-state index >= 15 is 0 Å². The zero-order valence-electron chi connectivity index (χ0n) is 7.63. The van der Waals surface area contributed by atoms with Crippen LogP contribution in [-0.2, 0) is 0 Å². The lowest BCUT2D eigenvalue weighted by atomic mass is 10.3. The summed E-state index contributed by atoms with van der Waals surface area (Å²) in [5.74, 6) is 0. The summed E-state index contributed by atoms with van der Waals surface area (Å²) in [5, 5.41) is 10.9. The fraction of sp³-hybridized carbons (Fsp3) is 0.750. The Labute approximate surface area is 73.2 Å². The number of carbonyl (C=O) groups is 1. The van der Waals surface area contributed by atoms with Crippen LogP contribution in [0.4, 0.5) is 4.79 Å². The first-order valence-corrected chi connectivity index (χ1v) is 4.08. The second-order valence-corrected chi connectivity index (χ2v) is 2.51. The van der Waals surface area contributed by atoms with Crippen LogP contribution in [0.1, 0.15) is 19.8 Å². The first-order valence-electron chi connectivity index (χ1n) is 4.08. The molecule has 0 saturated heterocycles. The highest BCUT2D eigenvalue weighted by molar-refractivity contribution is 5.73. The first-order chi connectivity index (χ1) is 5.72. The summed E-state index contributed by atoms with van der Waals surface area (Å²) in [6.45, 7) is 3.19. The second-order valence-electron chi connectivity index (χ2n) is 2.51. The van der Waals surface area contributed by atoms with E-state index in [1.165, 1.54) is 0 Å². The predicted molar refractivity (Wildman–Crippen MR) is 46.5 cm³/mol. The van der Waals surface area contributed by atoms with E-state index in [1.54, 1.807) is 11.9 Å². The number of urea groups is 1. The van der Waals surface area contributed by atoms with Gasteiger partial charge in [-0.3, -0.25) is 0 Å². The quantitative estimate of drug-likeness (QED) is 0.637. The number of carbonyl (C=O) groups excluding carboxylic acids is 1. The van der Waals surface area contributed by atoms with Crippen LogP contribution in [0.15, 0.2) is 0 Å². The van der Waals surface area contributed by atoms with Gasteiger partial charge in [-0.25, -0.2) is 4.79 Å². The van der Waals surface area contributed by atoms with Gasteiger partial charge in [-0.05, 0) is 13.3 Å². The van der Waals surface area contributed by atoms with Gasteiger partial charge in [0.15, 0.2) is 0 Å². The maximum atomic E-state index is 11.1. The molecule has 2 amide bonds. The minimum absolute atomic E-state index is 0.0737. The molecule has 4 heteroatoms. The highest BCUT2D eigenvalue weighted by atomic mass is 16.2. The van der Waals surface area contributed by atoms with Crippen molar-refractivity contribution >= 4 is 6.03 Å². The molecule has 0 aromatic heterocycles. The third-order valence-corrected chi connectivity index (χ3v) is 1.56. The number of nitrogens with one attached hydrogen (secondary N) is 1. The van der Waals surface area contributed by atoms with Gasteiger partial charge in [-0.15, -0.1) is 0 Å². The molecule has 0 aliphatic carbocycles. The lowest BCUT2D eigenvalue weighted by Crippen LogP contribution is -2.37. The van der Waals surface area contributed by atoms with Crippen molar-refractivity contribution < 1.29 is 4.79 Å². The summed E-state index contributed by atoms with van der Waals surface area (Å²) in [5.41, 5.74) is 0. The maximum Gasteiger partial charge on any atom is 0.317 e. The van der Waals surface area contributed by atoms with E-state index in [0.29, 0.717) is 19.5 Å². The van der Waals surface area contributed by atoms with Crippen LogP contribution < -0.4 is 5.32 Å². The maximum absolute atomic E-state index is 11.1. The first kappa shape index (κ1) is 10.8. The van der Waals surface area contributed by atoms with Crippen molar-refractivity contribution in [2.24, 2.45) is 0 Å². The van der Waals surface area contributed by atoms with E-state index in [-0.39, 0.29) is 6.03 Å². The molecule has 0 rings (SSSR count). The number of nitriles is 1. The van der Waals surface area contributed by atoms with Crippen LogP contribution >= 0.6 is 0 Å². The predicted octanol–water partition coefficient (Wildman–Crippen LogP) is 0.951. The van der Waals surface area contributed by atoms with E-state index in [1.807, 2.05) is 13.0 Å². The van der Waals surface area contributed by atoms with Crippen LogP contribution in [0.5, 0.6) is 0 Å². The Bertz CT molecular complexity index is 174. The van der Waals surface area contributed by atoms with E-state index in [2.05, 4.69) is 5.32 Å². The molecule has 68 valence electrons. The van der Waals surface area contributed by atoms with Crippen molar-refractivity contribution in [3.05, 3.63) is 0 Å². The third-order valence-electron chi connectivity index (χ3n) is 1.56. The molecular formula is C8H15N3O. The SMILES string of the molecule is CCN(C)C(=O)NCCCC#N. The zero-order valence-corrected chi connectivity index (χ0v) is 7.63. The molecule has 0 radical (unpaired) electrons. The number of rotatable bonds is 4. The standard InChI is InChI=1S/C8H15N3O/c1-3-11(2)8(12)10-7-5-4-6-9/h3-5,7H2,1-2H3,(H,10,12). The van der Waals surface area contributed by atoms with Crippen LogP contribution in [0.25, 0.3) is 0 Å². The van der Waals surface area contributed by atoms with Gasteiger partial charge in [0.25, 0.3) is 0 Å². The van der Waals surface area contributed by atoms with Crippen LogP contribution in [-0.4, -0.2) is 31.1 Å². The van der Waals surface area contributed by atoms with Gasteiger partial charge in [-0.1, -0.05) is 0 Å². The molecular weight excluding hydrogens is 154 g/mol. The zero-order chi connectivity index (χ0) is 9.40. The monoisotopic (exact) mass is 169 g/mol. The number of amides is 2. The van der Waals surface area contributed by atoms with Crippen molar-refractivity contribution in [2.75, 3.05) is 20.1 Å². The molecule has 0 heterocycles. The molecule has 0 saturated carbocycles. The molecule has 0 aromatic rings. The Morgan fingerprint density at radius 3 is 2.83 bits per heavy atom. The van der Waals surface area contributed by atoms with Gasteiger partial charge in [0, 0.05) is 26.6 Å². The Kier molecular flexibility index (Phi) is 5.80. The number of unbranched alkanes of at least 4 members (excludes halogenated alkanes) is 1. The Morgan fingerprint density at radius 2 is 2.33 bits per heavy atom. The molecule has 0 atom stereocenters. The van der Waals surface area contributed by atoms with Gasteiger partial charge in [0.1, 0.15) is 0 Å². The number of hydrogen-bond donors (Lipinski definition) is 1. The van der Waals surface area contributed by atoms with Gasteiger partial charge < -0.3 is 10.2 Å². The summed E-state index contributed by atoms with van der Waals surface area (Å²) < 4.78 is 0. The fourth-order valence-corrected chi connectivity index (χ4v) is 0.641. The van der Waals surface area contributed by atoms with Crippen molar-refractivity contribution in [3.63, 3.8) is 0 Å². The second kappa shape index (κ2) is 6.47. The lowest BCUT2D eigenvalue weighted by molar-refractivity contribution is 0.211. The number of hydrogen-bond acceptors (Lipinski definition) is 2. The van der Waals surface area contributed by atoms with Crippen LogP contribution in [0.3, 0.4) is 0 Å². The average molecular weight is 169 g/mol. The molecule has 0 aliphatic heterocycles. The molecule has 0 aromatic carbocycles. The highest BCUT2D eigenvalue weighted by Gasteiger charge is 2.02. The fourth-order valence-electron chi connectivity index (χ4n) is 0.641. The molecule has 0 aliphatic rings. The minimum Gasteiger partial charge on any atom is -0.338 e. The topological polar surface area (TPSA) is 56.1 Å². The summed E-state index contributed by atoms with van der Waals surface area (Å²) in [7, 11) is 1.74. The van der Waals surface area contributed by atoms with E-state index in [9.17, 15) is 4.79 Å². The molecule has 0 spiro atoms. The van der Waals surface area contributed by atoms with Gasteiger partial charge in [0.05, 0.1) is 6.07 Å². The molecule has 12 heavy (non-hydrogen) atoms. The molecule has 4 nitrogen and oxygen atoms in total. The molecule has 0 fully saturated rings. The van der Waals surface area contributed by atoms with Crippen molar-refractivity contribution in [1.82, 2.24) is 10.2 Å². The summed E-state index contributed by atoms with van der Waals surface area (Å²) in [6, 6.07) is 1.95. The third kappa shape index (κ3) is 4.56. The highest BCUT2D eigenvalue weighted by Crippen LogP contribution is 1.86. The Morgan fingerprint density at radius 1 is 1.67 bits per heavy atom. The minimum atomic E-state index is -0.0737. The van der Waals surface area contributed by atoms with Crippen molar-refractivity contribution in [2.45, 2.75) is 19.8 Å². The van der Waals surface area contributed by atoms with E-state index in [4.69, 9.17) is 5.26 Å². The van der Waals surface area contributed by atoms with Gasteiger partial charge >= 0.3 is 6.03 Å². The normalized spacial score (nSPS) is 8.75. The van der Waals surface area contributed by atoms with Gasteiger partial charge in [-0.2, -0.15) is 5.26 Å². The molecule has 1 N–H and O–H groups in total. The largest absolute Gasteiger partial charge is 0.338 e.